The highest BCUT2D eigenvalue weighted by atomic mass is 15.6. The fourth-order valence-electron chi connectivity index (χ4n) is 3.33. The fraction of sp³-hybridized carbons (Fsp3) is 0.474. The molecule has 2 heterocycles. The summed E-state index contributed by atoms with van der Waals surface area (Å²) in [7, 11) is 2.04. The lowest BCUT2D eigenvalue weighted by Crippen LogP contribution is -2.30. The van der Waals surface area contributed by atoms with Crippen molar-refractivity contribution >= 4 is 18.6 Å². The maximum absolute atomic E-state index is 9.71. The van der Waals surface area contributed by atoms with Crippen molar-refractivity contribution < 1.29 is 0 Å². The lowest BCUT2D eigenvalue weighted by molar-refractivity contribution is 0.386. The van der Waals surface area contributed by atoms with Crippen LogP contribution in [0.3, 0.4) is 0 Å². The molecule has 0 atom stereocenters. The molecular weight excluding hydrogens is 295 g/mol. The number of nitriles is 1. The van der Waals surface area contributed by atoms with E-state index in [1.807, 2.05) is 51.8 Å². The number of nitrogens with zero attached hydrogens (tertiary/aromatic N) is 4. The molecule has 0 fully saturated rings. The molecule has 0 saturated heterocycles. The van der Waals surface area contributed by atoms with Gasteiger partial charge >= 0.3 is 0 Å². The van der Waals surface area contributed by atoms with E-state index in [4.69, 9.17) is 0 Å². The second-order valence-corrected chi connectivity index (χ2v) is 6.70. The molecule has 24 heavy (non-hydrogen) atoms. The van der Waals surface area contributed by atoms with Gasteiger partial charge in [0, 0.05) is 18.1 Å². The zero-order valence-corrected chi connectivity index (χ0v) is 15.6. The van der Waals surface area contributed by atoms with Crippen molar-refractivity contribution in [3.8, 4) is 6.19 Å². The summed E-state index contributed by atoms with van der Waals surface area (Å²) in [4.78, 5) is 4.44. The van der Waals surface area contributed by atoms with Crippen molar-refractivity contribution in [2.24, 2.45) is 5.41 Å². The fourth-order valence-corrected chi connectivity index (χ4v) is 3.33. The van der Waals surface area contributed by atoms with Crippen molar-refractivity contribution in [2.45, 2.75) is 54.3 Å². The quantitative estimate of drug-likeness (QED) is 0.494. The van der Waals surface area contributed by atoms with Crippen LogP contribution < -0.4 is 10.5 Å². The number of hydrogen-bond acceptors (Lipinski definition) is 3. The summed E-state index contributed by atoms with van der Waals surface area (Å²) in [5, 5.41) is 11.3. The van der Waals surface area contributed by atoms with Crippen molar-refractivity contribution in [1.82, 2.24) is 9.66 Å². The molecule has 0 unspecified atom stereocenters. The molecule has 125 valence electrons. The SMILES string of the molecule is CC.C[B]c1ccnc(N(C#N)n2ccc3c2CC(C)(C)C3)c1C. The summed E-state index contributed by atoms with van der Waals surface area (Å²) in [5.41, 5.74) is 4.94. The lowest BCUT2D eigenvalue weighted by atomic mass is 9.71. The number of hydrogen-bond donors (Lipinski definition) is 0. The first-order chi connectivity index (χ1) is 11.5. The predicted molar refractivity (Wildman–Crippen MR) is 101 cm³/mol. The first-order valence-corrected chi connectivity index (χ1v) is 8.61. The third-order valence-electron chi connectivity index (χ3n) is 4.42. The van der Waals surface area contributed by atoms with E-state index in [-0.39, 0.29) is 5.41 Å². The van der Waals surface area contributed by atoms with Gasteiger partial charge in [0.25, 0.3) is 0 Å². The molecule has 0 aliphatic heterocycles. The predicted octanol–water partition coefficient (Wildman–Crippen LogP) is 3.47. The van der Waals surface area contributed by atoms with E-state index in [0.717, 1.165) is 23.9 Å². The Morgan fingerprint density at radius 3 is 2.62 bits per heavy atom. The molecule has 1 radical (unpaired) electrons. The molecule has 2 aromatic heterocycles. The Kier molecular flexibility index (Phi) is 5.38. The van der Waals surface area contributed by atoms with Crippen LogP contribution in [0.4, 0.5) is 5.82 Å². The zero-order valence-electron chi connectivity index (χ0n) is 15.6. The Morgan fingerprint density at radius 2 is 2.00 bits per heavy atom. The van der Waals surface area contributed by atoms with E-state index in [1.165, 1.54) is 11.3 Å². The van der Waals surface area contributed by atoms with Crippen molar-refractivity contribution in [1.29, 1.82) is 5.26 Å². The molecular formula is C19H26BN4. The van der Waals surface area contributed by atoms with Crippen LogP contribution in [0.2, 0.25) is 6.82 Å². The van der Waals surface area contributed by atoms with Gasteiger partial charge in [-0.15, -0.1) is 0 Å². The lowest BCUT2D eigenvalue weighted by Gasteiger charge is -2.23. The van der Waals surface area contributed by atoms with Gasteiger partial charge in [0.15, 0.2) is 5.82 Å². The van der Waals surface area contributed by atoms with Crippen LogP contribution in [-0.2, 0) is 12.8 Å². The average molecular weight is 321 g/mol. The molecule has 1 aliphatic rings. The Hall–Kier alpha value is -2.22. The van der Waals surface area contributed by atoms with Crippen LogP contribution in [0.25, 0.3) is 0 Å². The number of fused-ring (bicyclic) bond motifs is 1. The Labute approximate surface area is 146 Å². The van der Waals surface area contributed by atoms with Crippen molar-refractivity contribution in [3.63, 3.8) is 0 Å². The minimum atomic E-state index is 0.260. The average Bonchev–Trinajstić information content (AvgIpc) is 3.07. The summed E-state index contributed by atoms with van der Waals surface area (Å²) >= 11 is 0. The van der Waals surface area contributed by atoms with Gasteiger partial charge in [-0.1, -0.05) is 40.0 Å². The molecule has 0 bridgehead atoms. The van der Waals surface area contributed by atoms with Crippen LogP contribution in [-0.4, -0.2) is 16.9 Å². The second-order valence-electron chi connectivity index (χ2n) is 6.70. The van der Waals surface area contributed by atoms with Crippen LogP contribution in [0.1, 0.15) is 44.5 Å². The molecule has 3 rings (SSSR count). The van der Waals surface area contributed by atoms with Crippen LogP contribution in [0.15, 0.2) is 24.5 Å². The van der Waals surface area contributed by atoms with Gasteiger partial charge in [0.2, 0.25) is 6.19 Å². The Morgan fingerprint density at radius 1 is 1.29 bits per heavy atom. The Bertz CT molecular complexity index is 755. The molecule has 0 saturated carbocycles. The topological polar surface area (TPSA) is 44.9 Å². The smallest absolute Gasteiger partial charge is 0.207 e. The number of rotatable bonds is 3. The van der Waals surface area contributed by atoms with E-state index >= 15 is 0 Å². The molecule has 0 aromatic carbocycles. The van der Waals surface area contributed by atoms with E-state index in [1.54, 1.807) is 11.2 Å². The van der Waals surface area contributed by atoms with Crippen molar-refractivity contribution in [2.75, 3.05) is 5.01 Å². The first kappa shape index (κ1) is 18.1. The van der Waals surface area contributed by atoms with Gasteiger partial charge in [-0.2, -0.15) is 10.3 Å². The maximum Gasteiger partial charge on any atom is 0.207 e. The standard InChI is InChI=1S/C17H20BN4.C2H6/c1-12-14(18-4)5-7-20-16(12)22(11-19)21-8-6-13-9-17(2,3)10-15(13)21;1-2/h5-8H,9-10H2,1-4H3;1-2H3. The minimum Gasteiger partial charge on any atom is -0.250 e. The van der Waals surface area contributed by atoms with Crippen molar-refractivity contribution in [3.05, 3.63) is 41.3 Å². The van der Waals surface area contributed by atoms with E-state index in [9.17, 15) is 5.26 Å². The summed E-state index contributed by atoms with van der Waals surface area (Å²) in [5.74, 6) is 0.696. The largest absolute Gasteiger partial charge is 0.250 e. The molecule has 5 heteroatoms. The van der Waals surface area contributed by atoms with Crippen LogP contribution in [0.5, 0.6) is 0 Å². The van der Waals surface area contributed by atoms with E-state index < -0.39 is 0 Å². The van der Waals surface area contributed by atoms with Gasteiger partial charge in [0.1, 0.15) is 7.28 Å². The van der Waals surface area contributed by atoms with Crippen LogP contribution in [0, 0.1) is 23.8 Å². The van der Waals surface area contributed by atoms with Gasteiger partial charge < -0.3 is 0 Å². The summed E-state index contributed by atoms with van der Waals surface area (Å²) in [6.07, 6.45) is 8.07. The molecule has 1 aliphatic carbocycles. The highest BCUT2D eigenvalue weighted by Crippen LogP contribution is 2.37. The first-order valence-electron chi connectivity index (χ1n) is 8.61. The molecule has 0 spiro atoms. The van der Waals surface area contributed by atoms with Gasteiger partial charge in [-0.25, -0.2) is 9.66 Å². The third-order valence-corrected chi connectivity index (χ3v) is 4.42. The highest BCUT2D eigenvalue weighted by molar-refractivity contribution is 6.52. The zero-order chi connectivity index (χ0) is 17.9. The summed E-state index contributed by atoms with van der Waals surface area (Å²) in [6, 6.07) is 4.09. The highest BCUT2D eigenvalue weighted by Gasteiger charge is 2.32. The number of aromatic nitrogens is 2. The van der Waals surface area contributed by atoms with Crippen LogP contribution >= 0.6 is 0 Å². The number of anilines is 1. The number of pyridine rings is 1. The summed E-state index contributed by atoms with van der Waals surface area (Å²) in [6.45, 7) is 12.5. The second kappa shape index (κ2) is 7.13. The molecule has 2 aromatic rings. The minimum absolute atomic E-state index is 0.260. The van der Waals surface area contributed by atoms with Gasteiger partial charge in [-0.3, -0.25) is 0 Å². The maximum atomic E-state index is 9.71. The molecule has 0 N–H and O–H groups in total. The molecule has 0 amide bonds. The third kappa shape index (κ3) is 3.19. The van der Waals surface area contributed by atoms with Gasteiger partial charge in [-0.05, 0) is 48.4 Å². The van der Waals surface area contributed by atoms with E-state index in [0.29, 0.717) is 5.82 Å². The molecule has 4 nitrogen and oxygen atoms in total. The van der Waals surface area contributed by atoms with Gasteiger partial charge in [0.05, 0.1) is 0 Å². The van der Waals surface area contributed by atoms with E-state index in [2.05, 4.69) is 31.1 Å². The Balaban J connectivity index is 0.00000100. The monoisotopic (exact) mass is 321 g/mol. The normalized spacial score (nSPS) is 14.2. The summed E-state index contributed by atoms with van der Waals surface area (Å²) < 4.78 is 1.96.